The predicted octanol–water partition coefficient (Wildman–Crippen LogP) is 5.15. The number of ether oxygens (including phenoxy) is 1. The number of nitrogens with zero attached hydrogens (tertiary/aromatic N) is 3. The van der Waals surface area contributed by atoms with E-state index < -0.39 is 18.3 Å². The van der Waals surface area contributed by atoms with Gasteiger partial charge in [0.05, 0.1) is 19.3 Å². The number of aryl methyl sites for hydroxylation is 1. The molecule has 9 heteroatoms. The van der Waals surface area contributed by atoms with Gasteiger partial charge < -0.3 is 15.0 Å². The van der Waals surface area contributed by atoms with Crippen molar-refractivity contribution in [3.63, 3.8) is 0 Å². The summed E-state index contributed by atoms with van der Waals surface area (Å²) in [6.07, 6.45) is -1.87. The minimum Gasteiger partial charge on any atom is -0.497 e. The molecule has 6 nitrogen and oxygen atoms in total. The first-order chi connectivity index (χ1) is 15.9. The standard InChI is InChI=1S/C24H23F3N4O2/c1-33-17-9-4-7-16(12-17)19-13-21(24(25,26)27)31-22(29-19)18(14-28-31)23(32)30-11-5-8-15-6-2-3-10-20(15)30/h2-4,6-7,9-10,12,14,19,21,29H,5,8,11,13H2,1H3. The van der Waals surface area contributed by atoms with Crippen LogP contribution in [-0.4, -0.2) is 35.5 Å². The number of hydrogen-bond acceptors (Lipinski definition) is 4. The van der Waals surface area contributed by atoms with Crippen LogP contribution in [0.15, 0.2) is 54.7 Å². The number of nitrogens with one attached hydrogen (secondary N) is 1. The summed E-state index contributed by atoms with van der Waals surface area (Å²) in [5.74, 6) is 0.283. The Morgan fingerprint density at radius 2 is 2.00 bits per heavy atom. The molecule has 3 aromatic rings. The number of fused-ring (bicyclic) bond motifs is 2. The summed E-state index contributed by atoms with van der Waals surface area (Å²) >= 11 is 0. The van der Waals surface area contributed by atoms with Crippen LogP contribution in [0, 0.1) is 0 Å². The van der Waals surface area contributed by atoms with Crippen LogP contribution in [0.4, 0.5) is 24.7 Å². The molecule has 2 aliphatic rings. The Bertz CT molecular complexity index is 1190. The van der Waals surface area contributed by atoms with Gasteiger partial charge in [-0.25, -0.2) is 4.68 Å². The quantitative estimate of drug-likeness (QED) is 0.593. The van der Waals surface area contributed by atoms with Gasteiger partial charge in [-0.05, 0) is 42.2 Å². The lowest BCUT2D eigenvalue weighted by molar-refractivity contribution is -0.173. The van der Waals surface area contributed by atoms with E-state index in [-0.39, 0.29) is 23.7 Å². The number of anilines is 2. The first-order valence-corrected chi connectivity index (χ1v) is 10.8. The number of carbonyl (C=O) groups is 1. The fourth-order valence-electron chi connectivity index (χ4n) is 4.69. The number of benzene rings is 2. The van der Waals surface area contributed by atoms with E-state index in [9.17, 15) is 18.0 Å². The van der Waals surface area contributed by atoms with Crippen LogP contribution in [0.3, 0.4) is 0 Å². The molecule has 1 amide bonds. The van der Waals surface area contributed by atoms with E-state index in [1.807, 2.05) is 24.3 Å². The molecule has 0 bridgehead atoms. The Morgan fingerprint density at radius 3 is 2.79 bits per heavy atom. The van der Waals surface area contributed by atoms with Crippen molar-refractivity contribution in [3.05, 3.63) is 71.4 Å². The summed E-state index contributed by atoms with van der Waals surface area (Å²) < 4.78 is 48.2. The molecule has 0 spiro atoms. The first kappa shape index (κ1) is 21.4. The van der Waals surface area contributed by atoms with Crippen molar-refractivity contribution < 1.29 is 22.7 Å². The highest BCUT2D eigenvalue weighted by molar-refractivity contribution is 6.09. The number of carbonyl (C=O) groups excluding carboxylic acids is 1. The van der Waals surface area contributed by atoms with Gasteiger partial charge in [0.25, 0.3) is 5.91 Å². The molecular formula is C24H23F3N4O2. The predicted molar refractivity (Wildman–Crippen MR) is 118 cm³/mol. The van der Waals surface area contributed by atoms with E-state index in [0.29, 0.717) is 17.9 Å². The van der Waals surface area contributed by atoms with Crippen LogP contribution in [-0.2, 0) is 6.42 Å². The Morgan fingerprint density at radius 1 is 1.18 bits per heavy atom. The van der Waals surface area contributed by atoms with Crippen molar-refractivity contribution in [3.8, 4) is 5.75 Å². The number of rotatable bonds is 3. The van der Waals surface area contributed by atoms with Gasteiger partial charge in [0, 0.05) is 18.7 Å². The zero-order chi connectivity index (χ0) is 23.2. The van der Waals surface area contributed by atoms with Crippen LogP contribution in [0.2, 0.25) is 0 Å². The second-order valence-corrected chi connectivity index (χ2v) is 8.31. The lowest BCUT2D eigenvalue weighted by Crippen LogP contribution is -2.38. The van der Waals surface area contributed by atoms with Crippen LogP contribution in [0.1, 0.15) is 46.4 Å². The Balaban J connectivity index is 1.55. The van der Waals surface area contributed by atoms with E-state index in [1.54, 1.807) is 29.2 Å². The molecule has 0 saturated carbocycles. The fraction of sp³-hybridized carbons (Fsp3) is 0.333. The molecule has 172 valence electrons. The molecule has 0 saturated heterocycles. The third-order valence-corrected chi connectivity index (χ3v) is 6.32. The number of hydrogen-bond donors (Lipinski definition) is 1. The molecule has 0 aliphatic carbocycles. The SMILES string of the molecule is COc1cccc(C2CC(C(F)(F)F)n3ncc(C(=O)N4CCCc5ccccc54)c3N2)c1. The summed E-state index contributed by atoms with van der Waals surface area (Å²) in [4.78, 5) is 15.2. The summed E-state index contributed by atoms with van der Waals surface area (Å²) in [6, 6.07) is 12.0. The fourth-order valence-corrected chi connectivity index (χ4v) is 4.69. The molecule has 33 heavy (non-hydrogen) atoms. The van der Waals surface area contributed by atoms with E-state index in [0.717, 1.165) is 28.8 Å². The third-order valence-electron chi connectivity index (χ3n) is 6.32. The maximum atomic E-state index is 14.0. The smallest absolute Gasteiger partial charge is 0.410 e. The maximum absolute atomic E-state index is 14.0. The highest BCUT2D eigenvalue weighted by Gasteiger charge is 2.47. The highest BCUT2D eigenvalue weighted by atomic mass is 19.4. The Kier molecular flexibility index (Phi) is 5.26. The minimum atomic E-state index is -4.52. The van der Waals surface area contributed by atoms with Crippen molar-refractivity contribution in [2.75, 3.05) is 23.9 Å². The van der Waals surface area contributed by atoms with E-state index in [1.165, 1.54) is 13.3 Å². The lowest BCUT2D eigenvalue weighted by atomic mass is 9.96. The number of amides is 1. The molecule has 1 N–H and O–H groups in total. The number of methoxy groups -OCH3 is 1. The van der Waals surface area contributed by atoms with Crippen molar-refractivity contribution in [2.24, 2.45) is 0 Å². The summed E-state index contributed by atoms with van der Waals surface area (Å²) in [5, 5.41) is 7.16. The van der Waals surface area contributed by atoms with Gasteiger partial charge in [0.15, 0.2) is 6.04 Å². The zero-order valence-corrected chi connectivity index (χ0v) is 18.0. The van der Waals surface area contributed by atoms with Gasteiger partial charge >= 0.3 is 6.18 Å². The summed E-state index contributed by atoms with van der Waals surface area (Å²) in [6.45, 7) is 0.502. The van der Waals surface area contributed by atoms with Gasteiger partial charge in [-0.1, -0.05) is 30.3 Å². The van der Waals surface area contributed by atoms with Gasteiger partial charge in [-0.2, -0.15) is 18.3 Å². The average Bonchev–Trinajstić information content (AvgIpc) is 3.26. The highest BCUT2D eigenvalue weighted by Crippen LogP contribution is 2.45. The number of aromatic nitrogens is 2. The van der Waals surface area contributed by atoms with E-state index >= 15 is 0 Å². The van der Waals surface area contributed by atoms with E-state index in [4.69, 9.17) is 4.74 Å². The van der Waals surface area contributed by atoms with Crippen LogP contribution < -0.4 is 15.0 Å². The molecule has 2 aromatic carbocycles. The molecule has 2 atom stereocenters. The summed E-state index contributed by atoms with van der Waals surface area (Å²) in [5.41, 5.74) is 2.63. The van der Waals surface area contributed by atoms with Crippen LogP contribution >= 0.6 is 0 Å². The van der Waals surface area contributed by atoms with Gasteiger partial charge in [-0.15, -0.1) is 0 Å². The first-order valence-electron chi connectivity index (χ1n) is 10.8. The van der Waals surface area contributed by atoms with Crippen molar-refractivity contribution in [1.82, 2.24) is 9.78 Å². The monoisotopic (exact) mass is 456 g/mol. The molecule has 2 aliphatic heterocycles. The maximum Gasteiger partial charge on any atom is 0.410 e. The second-order valence-electron chi connectivity index (χ2n) is 8.31. The molecular weight excluding hydrogens is 433 g/mol. The lowest BCUT2D eigenvalue weighted by Gasteiger charge is -2.35. The normalized spacial score (nSPS) is 19.9. The second kappa shape index (κ2) is 8.13. The van der Waals surface area contributed by atoms with Crippen LogP contribution in [0.25, 0.3) is 0 Å². The number of alkyl halides is 3. The van der Waals surface area contributed by atoms with E-state index in [2.05, 4.69) is 10.4 Å². The van der Waals surface area contributed by atoms with Gasteiger partial charge in [0.2, 0.25) is 0 Å². The molecule has 2 unspecified atom stereocenters. The summed E-state index contributed by atoms with van der Waals surface area (Å²) in [7, 11) is 1.51. The molecule has 0 fully saturated rings. The van der Waals surface area contributed by atoms with Gasteiger partial charge in [0.1, 0.15) is 17.1 Å². The Hall–Kier alpha value is -3.49. The molecule has 0 radical (unpaired) electrons. The van der Waals surface area contributed by atoms with Crippen molar-refractivity contribution in [2.45, 2.75) is 37.5 Å². The van der Waals surface area contributed by atoms with Crippen molar-refractivity contribution >= 4 is 17.4 Å². The molecule has 5 rings (SSSR count). The molecule has 1 aromatic heterocycles. The van der Waals surface area contributed by atoms with Crippen molar-refractivity contribution in [1.29, 1.82) is 0 Å². The van der Waals surface area contributed by atoms with Gasteiger partial charge in [-0.3, -0.25) is 4.79 Å². The molecule has 3 heterocycles. The number of para-hydroxylation sites is 1. The topological polar surface area (TPSA) is 59.4 Å². The largest absolute Gasteiger partial charge is 0.497 e. The number of halogens is 3. The zero-order valence-electron chi connectivity index (χ0n) is 18.0. The Labute approximate surface area is 189 Å². The minimum absolute atomic E-state index is 0.0875. The third kappa shape index (κ3) is 3.81. The van der Waals surface area contributed by atoms with Crippen LogP contribution in [0.5, 0.6) is 5.75 Å². The average molecular weight is 456 g/mol.